The van der Waals surface area contributed by atoms with E-state index in [9.17, 15) is 9.59 Å². The highest BCUT2D eigenvalue weighted by Crippen LogP contribution is 2.40. The Bertz CT molecular complexity index is 1130. The number of benzene rings is 1. The number of carbonyl (C=O) groups excluding carboxylic acids is 2. The zero-order chi connectivity index (χ0) is 24.2. The van der Waals surface area contributed by atoms with E-state index in [2.05, 4.69) is 11.9 Å². The number of nitrogens with zero attached hydrogens (tertiary/aromatic N) is 2. The Balaban J connectivity index is 1.69. The molecule has 0 N–H and O–H groups in total. The van der Waals surface area contributed by atoms with E-state index < -0.39 is 5.97 Å². The maximum atomic E-state index is 13.6. The molecule has 1 amide bonds. The van der Waals surface area contributed by atoms with Crippen LogP contribution in [0.25, 0.3) is 21.7 Å². The molecule has 2 heterocycles. The molecule has 0 saturated heterocycles. The molecule has 5 nitrogen and oxygen atoms in total. The highest BCUT2D eigenvalue weighted by Gasteiger charge is 2.33. The summed E-state index contributed by atoms with van der Waals surface area (Å²) in [6.45, 7) is 6.26. The second-order valence-electron chi connectivity index (χ2n) is 9.37. The monoisotopic (exact) mass is 476 g/mol. The first-order valence-electron chi connectivity index (χ1n) is 12.0. The van der Waals surface area contributed by atoms with Crippen molar-refractivity contribution in [3.63, 3.8) is 0 Å². The first kappa shape index (κ1) is 24.1. The Kier molecular flexibility index (Phi) is 7.47. The molecule has 178 valence electrons. The topological polar surface area (TPSA) is 59.5 Å². The van der Waals surface area contributed by atoms with E-state index in [1.54, 1.807) is 6.20 Å². The maximum Gasteiger partial charge on any atom is 0.350 e. The summed E-state index contributed by atoms with van der Waals surface area (Å²) in [5.74, 6) is 0.378. The number of ether oxygens (including phenoxy) is 1. The number of rotatable bonds is 6. The molecule has 1 aliphatic carbocycles. The summed E-state index contributed by atoms with van der Waals surface area (Å²) in [5.41, 5.74) is 3.58. The molecular weight excluding hydrogens is 444 g/mol. The van der Waals surface area contributed by atoms with Crippen molar-refractivity contribution < 1.29 is 14.3 Å². The molecule has 1 saturated carbocycles. The smallest absolute Gasteiger partial charge is 0.350 e. The van der Waals surface area contributed by atoms with Crippen molar-refractivity contribution in [1.29, 1.82) is 0 Å². The van der Waals surface area contributed by atoms with E-state index in [1.165, 1.54) is 18.4 Å². The van der Waals surface area contributed by atoms with Gasteiger partial charge in [-0.15, -0.1) is 11.3 Å². The lowest BCUT2D eigenvalue weighted by atomic mass is 9.82. The Morgan fingerprint density at radius 3 is 2.29 bits per heavy atom. The van der Waals surface area contributed by atoms with Crippen LogP contribution in [0.15, 0.2) is 54.7 Å². The summed E-state index contributed by atoms with van der Waals surface area (Å²) in [7, 11) is 1.39. The predicted octanol–water partition coefficient (Wildman–Crippen LogP) is 6.83. The molecule has 0 radical (unpaired) electrons. The lowest BCUT2D eigenvalue weighted by molar-refractivity contribution is -0.123. The van der Waals surface area contributed by atoms with Crippen LogP contribution < -0.4 is 4.90 Å². The molecule has 0 bridgehead atoms. The van der Waals surface area contributed by atoms with Gasteiger partial charge in [0.15, 0.2) is 0 Å². The normalized spacial score (nSPS) is 18.0. The fraction of sp³-hybridized carbons (Fsp3) is 0.393. The predicted molar refractivity (Wildman–Crippen MR) is 138 cm³/mol. The molecule has 6 heteroatoms. The van der Waals surface area contributed by atoms with Crippen molar-refractivity contribution in [3.8, 4) is 21.7 Å². The summed E-state index contributed by atoms with van der Waals surface area (Å²) >= 11 is 1.37. The highest BCUT2D eigenvalue weighted by molar-refractivity contribution is 7.18. The summed E-state index contributed by atoms with van der Waals surface area (Å²) in [4.78, 5) is 34.0. The maximum absolute atomic E-state index is 13.6. The van der Waals surface area contributed by atoms with Gasteiger partial charge in [0, 0.05) is 28.6 Å². The number of carbonyl (C=O) groups is 2. The van der Waals surface area contributed by atoms with Crippen molar-refractivity contribution in [2.24, 2.45) is 11.8 Å². The third-order valence-corrected chi connectivity index (χ3v) is 7.75. The average molecular weight is 477 g/mol. The van der Waals surface area contributed by atoms with Gasteiger partial charge in [-0.1, -0.05) is 37.3 Å². The second kappa shape index (κ2) is 10.5. The van der Waals surface area contributed by atoms with Gasteiger partial charge in [0.1, 0.15) is 4.88 Å². The lowest BCUT2D eigenvalue weighted by Crippen LogP contribution is -2.42. The Labute approximate surface area is 205 Å². The van der Waals surface area contributed by atoms with Crippen LogP contribution in [0, 0.1) is 11.8 Å². The van der Waals surface area contributed by atoms with Crippen molar-refractivity contribution in [3.05, 3.63) is 59.6 Å². The molecule has 0 aliphatic heterocycles. The van der Waals surface area contributed by atoms with Crippen LogP contribution >= 0.6 is 11.3 Å². The Morgan fingerprint density at radius 1 is 1.03 bits per heavy atom. The number of anilines is 1. The molecule has 2 aromatic heterocycles. The second-order valence-corrected chi connectivity index (χ2v) is 10.4. The largest absolute Gasteiger partial charge is 0.465 e. The molecule has 0 spiro atoms. The van der Waals surface area contributed by atoms with Crippen molar-refractivity contribution in [2.45, 2.75) is 52.5 Å². The number of aromatic nitrogens is 1. The van der Waals surface area contributed by atoms with E-state index in [0.29, 0.717) is 16.5 Å². The SMILES string of the molecule is COC(=O)c1sc(-c2ccc(-c3ccccn3)cc2)cc1N(C(=O)C1CCC(C)CC1)C(C)C. The molecular formula is C28H32N2O3S. The van der Waals surface area contributed by atoms with Crippen LogP contribution in [0.3, 0.4) is 0 Å². The molecule has 1 aliphatic rings. The number of thiophene rings is 1. The van der Waals surface area contributed by atoms with Crippen molar-refractivity contribution >= 4 is 28.9 Å². The van der Waals surface area contributed by atoms with Gasteiger partial charge >= 0.3 is 5.97 Å². The quantitative estimate of drug-likeness (QED) is 0.366. The molecule has 4 rings (SSSR count). The Morgan fingerprint density at radius 2 is 1.71 bits per heavy atom. The van der Waals surface area contributed by atoms with Gasteiger partial charge in [-0.25, -0.2) is 4.79 Å². The molecule has 0 unspecified atom stereocenters. The minimum absolute atomic E-state index is 0.00472. The fourth-order valence-electron chi connectivity index (χ4n) is 4.64. The van der Waals surface area contributed by atoms with Gasteiger partial charge in [-0.3, -0.25) is 9.78 Å². The van der Waals surface area contributed by atoms with Crippen molar-refractivity contribution in [1.82, 2.24) is 4.98 Å². The zero-order valence-corrected chi connectivity index (χ0v) is 21.1. The minimum atomic E-state index is -0.410. The number of hydrogen-bond acceptors (Lipinski definition) is 5. The third kappa shape index (κ3) is 5.07. The van der Waals surface area contributed by atoms with Gasteiger partial charge in [0.25, 0.3) is 0 Å². The van der Waals surface area contributed by atoms with E-state index >= 15 is 0 Å². The summed E-state index contributed by atoms with van der Waals surface area (Å²) in [6, 6.07) is 15.9. The lowest BCUT2D eigenvalue weighted by Gasteiger charge is -2.33. The van der Waals surface area contributed by atoms with E-state index in [1.807, 2.05) is 67.3 Å². The minimum Gasteiger partial charge on any atom is -0.465 e. The van der Waals surface area contributed by atoms with Crippen LogP contribution in [-0.2, 0) is 9.53 Å². The summed E-state index contributed by atoms with van der Waals surface area (Å²) < 4.78 is 5.10. The third-order valence-electron chi connectivity index (χ3n) is 6.59. The first-order valence-corrected chi connectivity index (χ1v) is 12.8. The average Bonchev–Trinajstić information content (AvgIpc) is 3.29. The van der Waals surface area contributed by atoms with Gasteiger partial charge < -0.3 is 9.64 Å². The van der Waals surface area contributed by atoms with E-state index in [-0.39, 0.29) is 17.9 Å². The number of amides is 1. The van der Waals surface area contributed by atoms with E-state index in [4.69, 9.17) is 4.74 Å². The molecule has 1 aromatic carbocycles. The van der Waals surface area contributed by atoms with Gasteiger partial charge in [-0.2, -0.15) is 0 Å². The van der Waals surface area contributed by atoms with Crippen LogP contribution in [0.5, 0.6) is 0 Å². The first-order chi connectivity index (χ1) is 16.4. The van der Waals surface area contributed by atoms with Gasteiger partial charge in [0.2, 0.25) is 5.91 Å². The molecule has 0 atom stereocenters. The fourth-order valence-corrected chi connectivity index (χ4v) is 5.71. The van der Waals surface area contributed by atoms with Gasteiger partial charge in [-0.05, 0) is 69.2 Å². The standard InChI is InChI=1S/C28H32N2O3S/c1-18(2)30(27(31)22-10-8-19(3)9-11-22)24-17-25(34-26(24)28(32)33-4)21-14-12-20(13-15-21)23-7-5-6-16-29-23/h5-7,12-19,22H,8-11H2,1-4H3. The van der Waals surface area contributed by atoms with Crippen LogP contribution in [0.1, 0.15) is 56.1 Å². The highest BCUT2D eigenvalue weighted by atomic mass is 32.1. The summed E-state index contributed by atoms with van der Waals surface area (Å²) in [6.07, 6.45) is 5.74. The van der Waals surface area contributed by atoms with Crippen LogP contribution in [0.4, 0.5) is 5.69 Å². The molecule has 34 heavy (non-hydrogen) atoms. The molecule has 1 fully saturated rings. The molecule has 3 aromatic rings. The number of hydrogen-bond donors (Lipinski definition) is 0. The zero-order valence-electron chi connectivity index (χ0n) is 20.3. The van der Waals surface area contributed by atoms with Crippen LogP contribution in [0.2, 0.25) is 0 Å². The van der Waals surface area contributed by atoms with Gasteiger partial charge in [0.05, 0.1) is 18.5 Å². The van der Waals surface area contributed by atoms with Crippen LogP contribution in [-0.4, -0.2) is 30.0 Å². The summed E-state index contributed by atoms with van der Waals surface area (Å²) in [5, 5.41) is 0. The van der Waals surface area contributed by atoms with E-state index in [0.717, 1.165) is 47.4 Å². The number of pyridine rings is 1. The van der Waals surface area contributed by atoms with Crippen molar-refractivity contribution in [2.75, 3.05) is 12.0 Å². The number of esters is 1. The number of methoxy groups -OCH3 is 1. The Hall–Kier alpha value is -2.99.